The van der Waals surface area contributed by atoms with E-state index in [0.29, 0.717) is 12.2 Å². The van der Waals surface area contributed by atoms with E-state index in [1.54, 1.807) is 11.8 Å². The number of nitrogens with zero attached hydrogens (tertiary/aromatic N) is 1. The second-order valence-electron chi connectivity index (χ2n) is 4.12. The Balaban J connectivity index is 2.40. The highest BCUT2D eigenvalue weighted by Gasteiger charge is 2.07. The molecule has 0 fully saturated rings. The van der Waals surface area contributed by atoms with Crippen molar-refractivity contribution in [3.63, 3.8) is 0 Å². The number of hydrogen-bond acceptors (Lipinski definition) is 4. The molecule has 1 aromatic carbocycles. The minimum Gasteiger partial charge on any atom is -0.461 e. The van der Waals surface area contributed by atoms with Crippen LogP contribution in [-0.4, -0.2) is 42.9 Å². The van der Waals surface area contributed by atoms with Crippen molar-refractivity contribution in [2.75, 3.05) is 32.0 Å². The zero-order chi connectivity index (χ0) is 14.1. The zero-order valence-electron chi connectivity index (χ0n) is 12.0. The smallest absolute Gasteiger partial charge is 0.338 e. The first-order valence-electron chi connectivity index (χ1n) is 6.83. The molecule has 0 aliphatic rings. The van der Waals surface area contributed by atoms with Crippen LogP contribution in [0, 0.1) is 0 Å². The number of hydrogen-bond donors (Lipinski definition) is 0. The Kier molecular flexibility index (Phi) is 7.60. The van der Waals surface area contributed by atoms with Crippen molar-refractivity contribution in [2.24, 2.45) is 0 Å². The number of benzene rings is 1. The maximum Gasteiger partial charge on any atom is 0.338 e. The second-order valence-corrected chi connectivity index (χ2v) is 5.46. The normalized spacial score (nSPS) is 10.7. The number of carbonyl (C=O) groups excluding carboxylic acids is 1. The number of carbonyl (C=O) groups is 1. The Morgan fingerprint density at radius 3 is 2.32 bits per heavy atom. The predicted octanol–water partition coefficient (Wildman–Crippen LogP) is 3.30. The Bertz CT molecular complexity index is 374. The Hall–Kier alpha value is -1.00. The molecular weight excluding hydrogens is 258 g/mol. The fraction of sp³-hybridized carbons (Fsp3) is 0.533. The Labute approximate surface area is 120 Å². The molecule has 1 rings (SSSR count). The van der Waals surface area contributed by atoms with Gasteiger partial charge in [0.25, 0.3) is 0 Å². The molecule has 106 valence electrons. The molecule has 0 atom stereocenters. The monoisotopic (exact) mass is 281 g/mol. The Morgan fingerprint density at radius 1 is 1.16 bits per heavy atom. The van der Waals surface area contributed by atoms with E-state index in [2.05, 4.69) is 25.7 Å². The van der Waals surface area contributed by atoms with Crippen molar-refractivity contribution in [3.8, 4) is 0 Å². The first kappa shape index (κ1) is 16.1. The van der Waals surface area contributed by atoms with Crippen molar-refractivity contribution < 1.29 is 9.53 Å². The third-order valence-corrected chi connectivity index (χ3v) is 3.83. The maximum atomic E-state index is 11.8. The lowest BCUT2D eigenvalue weighted by molar-refractivity contribution is 0.0466. The summed E-state index contributed by atoms with van der Waals surface area (Å²) in [7, 11) is 0. The summed E-state index contributed by atoms with van der Waals surface area (Å²) in [5.41, 5.74) is 0.625. The number of likely N-dealkylation sites (N-methyl/N-ethyl adjacent to an activating group) is 1. The van der Waals surface area contributed by atoms with Crippen LogP contribution in [0.1, 0.15) is 31.1 Å². The molecule has 0 saturated carbocycles. The van der Waals surface area contributed by atoms with Crippen LogP contribution >= 0.6 is 11.8 Å². The molecule has 0 saturated heterocycles. The molecule has 0 spiro atoms. The molecule has 0 aliphatic heterocycles. The van der Waals surface area contributed by atoms with Crippen molar-refractivity contribution in [3.05, 3.63) is 29.8 Å². The summed E-state index contributed by atoms with van der Waals surface area (Å²) in [4.78, 5) is 15.2. The summed E-state index contributed by atoms with van der Waals surface area (Å²) in [6, 6.07) is 7.60. The highest BCUT2D eigenvalue weighted by molar-refractivity contribution is 7.99. The van der Waals surface area contributed by atoms with Gasteiger partial charge < -0.3 is 9.64 Å². The molecule has 19 heavy (non-hydrogen) atoms. The number of ether oxygens (including phenoxy) is 1. The highest BCUT2D eigenvalue weighted by atomic mass is 32.2. The molecule has 0 heterocycles. The van der Waals surface area contributed by atoms with Crippen LogP contribution in [0.3, 0.4) is 0 Å². The number of esters is 1. The Morgan fingerprint density at radius 2 is 1.79 bits per heavy atom. The van der Waals surface area contributed by atoms with E-state index in [1.807, 2.05) is 24.3 Å². The number of rotatable bonds is 8. The lowest BCUT2D eigenvalue weighted by Gasteiger charge is -2.17. The van der Waals surface area contributed by atoms with E-state index >= 15 is 0 Å². The molecule has 3 nitrogen and oxygen atoms in total. The summed E-state index contributed by atoms with van der Waals surface area (Å²) < 4.78 is 5.27. The first-order valence-corrected chi connectivity index (χ1v) is 7.82. The third-order valence-electron chi connectivity index (χ3n) is 2.94. The molecule has 0 amide bonds. The van der Waals surface area contributed by atoms with Gasteiger partial charge in [0.1, 0.15) is 6.61 Å². The minimum absolute atomic E-state index is 0.236. The van der Waals surface area contributed by atoms with Crippen LogP contribution in [0.2, 0.25) is 0 Å². The molecule has 1 aromatic rings. The topological polar surface area (TPSA) is 29.5 Å². The van der Waals surface area contributed by atoms with Gasteiger partial charge in [-0.1, -0.05) is 20.8 Å². The van der Waals surface area contributed by atoms with Crippen molar-refractivity contribution in [2.45, 2.75) is 25.7 Å². The number of thioether (sulfide) groups is 1. The van der Waals surface area contributed by atoms with Gasteiger partial charge in [-0.2, -0.15) is 0 Å². The molecule has 0 aromatic heterocycles. The lowest BCUT2D eigenvalue weighted by atomic mass is 10.2. The summed E-state index contributed by atoms with van der Waals surface area (Å²) >= 11 is 1.76. The van der Waals surface area contributed by atoms with Crippen molar-refractivity contribution in [1.82, 2.24) is 4.90 Å². The van der Waals surface area contributed by atoms with Gasteiger partial charge in [0.05, 0.1) is 5.56 Å². The molecule has 0 radical (unpaired) electrons. The van der Waals surface area contributed by atoms with Gasteiger partial charge in [-0.15, -0.1) is 11.8 Å². The van der Waals surface area contributed by atoms with Crippen LogP contribution in [0.25, 0.3) is 0 Å². The van der Waals surface area contributed by atoms with Crippen LogP contribution in [0.15, 0.2) is 29.2 Å². The highest BCUT2D eigenvalue weighted by Crippen LogP contribution is 2.17. The maximum absolute atomic E-state index is 11.8. The zero-order valence-corrected chi connectivity index (χ0v) is 12.8. The molecule has 0 N–H and O–H groups in total. The van der Waals surface area contributed by atoms with Gasteiger partial charge in [-0.25, -0.2) is 4.79 Å². The van der Waals surface area contributed by atoms with Gasteiger partial charge in [-0.3, -0.25) is 0 Å². The predicted molar refractivity (Wildman–Crippen MR) is 80.9 cm³/mol. The van der Waals surface area contributed by atoms with Gasteiger partial charge in [0.15, 0.2) is 0 Å². The third kappa shape index (κ3) is 5.66. The quantitative estimate of drug-likeness (QED) is 0.540. The van der Waals surface area contributed by atoms with Gasteiger partial charge >= 0.3 is 5.97 Å². The molecular formula is C15H23NO2S. The molecule has 0 aliphatic carbocycles. The van der Waals surface area contributed by atoms with Crippen LogP contribution in [0.4, 0.5) is 0 Å². The molecule has 0 bridgehead atoms. The van der Waals surface area contributed by atoms with Gasteiger partial charge in [0, 0.05) is 11.4 Å². The SMILES string of the molecule is CCSc1ccc(C(=O)OCCN(CC)CC)cc1. The van der Waals surface area contributed by atoms with Crippen molar-refractivity contribution >= 4 is 17.7 Å². The second kappa shape index (κ2) is 8.99. The first-order chi connectivity index (χ1) is 9.21. The summed E-state index contributed by atoms with van der Waals surface area (Å²) in [5, 5.41) is 0. The van der Waals surface area contributed by atoms with E-state index in [9.17, 15) is 4.79 Å². The fourth-order valence-electron chi connectivity index (χ4n) is 1.74. The van der Waals surface area contributed by atoms with Crippen LogP contribution < -0.4 is 0 Å². The van der Waals surface area contributed by atoms with Gasteiger partial charge in [0.2, 0.25) is 0 Å². The lowest BCUT2D eigenvalue weighted by Crippen LogP contribution is -2.27. The molecule has 4 heteroatoms. The van der Waals surface area contributed by atoms with Crippen LogP contribution in [0.5, 0.6) is 0 Å². The molecule has 0 unspecified atom stereocenters. The van der Waals surface area contributed by atoms with Crippen molar-refractivity contribution in [1.29, 1.82) is 0 Å². The van der Waals surface area contributed by atoms with E-state index in [1.165, 1.54) is 4.90 Å². The average Bonchev–Trinajstić information content (AvgIpc) is 2.44. The van der Waals surface area contributed by atoms with E-state index in [-0.39, 0.29) is 5.97 Å². The standard InChI is InChI=1S/C15H23NO2S/c1-4-16(5-2)11-12-18-15(17)13-7-9-14(10-8-13)19-6-3/h7-10H,4-6,11-12H2,1-3H3. The summed E-state index contributed by atoms with van der Waals surface area (Å²) in [6.07, 6.45) is 0. The van der Waals surface area contributed by atoms with Crippen LogP contribution in [-0.2, 0) is 4.74 Å². The minimum atomic E-state index is -0.236. The average molecular weight is 281 g/mol. The van der Waals surface area contributed by atoms with Gasteiger partial charge in [-0.05, 0) is 43.1 Å². The van der Waals surface area contributed by atoms with E-state index in [4.69, 9.17) is 4.74 Å². The fourth-order valence-corrected chi connectivity index (χ4v) is 2.41. The largest absolute Gasteiger partial charge is 0.461 e. The summed E-state index contributed by atoms with van der Waals surface area (Å²) in [6.45, 7) is 9.54. The van der Waals surface area contributed by atoms with E-state index < -0.39 is 0 Å². The van der Waals surface area contributed by atoms with E-state index in [0.717, 1.165) is 25.4 Å². The summed E-state index contributed by atoms with van der Waals surface area (Å²) in [5.74, 6) is 0.799.